The zero-order chi connectivity index (χ0) is 19.4. The van der Waals surface area contributed by atoms with Crippen LogP contribution in [-0.4, -0.2) is 26.7 Å². The van der Waals surface area contributed by atoms with Gasteiger partial charge in [-0.15, -0.1) is 0 Å². The van der Waals surface area contributed by atoms with Gasteiger partial charge in [-0.05, 0) is 23.6 Å². The Hall–Kier alpha value is -3.85. The maximum atomic E-state index is 13.0. The molecule has 1 aromatic heterocycles. The van der Waals surface area contributed by atoms with Crippen LogP contribution in [0.1, 0.15) is 20.7 Å². The van der Waals surface area contributed by atoms with E-state index in [2.05, 4.69) is 10.4 Å². The lowest BCUT2D eigenvalue weighted by Crippen LogP contribution is -2.44. The summed E-state index contributed by atoms with van der Waals surface area (Å²) in [6.45, 7) is 0. The van der Waals surface area contributed by atoms with Crippen LogP contribution >= 0.6 is 11.3 Å². The van der Waals surface area contributed by atoms with Gasteiger partial charge < -0.3 is 0 Å². The topological polar surface area (TPSA) is 105 Å². The maximum absolute atomic E-state index is 13.0. The number of amides is 2. The van der Waals surface area contributed by atoms with Crippen molar-refractivity contribution < 1.29 is 14.5 Å². The molecular weight excluding hydrogens is 380 g/mol. The third kappa shape index (κ3) is 2.33. The molecule has 9 heteroatoms. The van der Waals surface area contributed by atoms with Gasteiger partial charge >= 0.3 is 0 Å². The predicted octanol–water partition coefficient (Wildman–Crippen LogP) is 3.98. The van der Waals surface area contributed by atoms with E-state index in [1.165, 1.54) is 23.5 Å². The summed E-state index contributed by atoms with van der Waals surface area (Å²) >= 11 is 1.30. The molecule has 5 rings (SSSR count). The molecule has 3 aromatic carbocycles. The van der Waals surface area contributed by atoms with Crippen molar-refractivity contribution in [3.05, 3.63) is 75.8 Å². The van der Waals surface area contributed by atoms with Crippen LogP contribution in [0, 0.1) is 10.1 Å². The summed E-state index contributed by atoms with van der Waals surface area (Å²) in [6.07, 6.45) is 0. The van der Waals surface area contributed by atoms with Crippen LogP contribution in [-0.2, 0) is 0 Å². The van der Waals surface area contributed by atoms with Gasteiger partial charge in [0.2, 0.25) is 5.13 Å². The van der Waals surface area contributed by atoms with Gasteiger partial charge in [0.25, 0.3) is 17.5 Å². The number of thiazole rings is 1. The number of benzene rings is 3. The van der Waals surface area contributed by atoms with E-state index < -0.39 is 16.7 Å². The first-order valence-electron chi connectivity index (χ1n) is 8.25. The number of nitrogens with one attached hydrogen (secondary N) is 1. The number of hydrogen-bond donors (Lipinski definition) is 1. The van der Waals surface area contributed by atoms with Crippen molar-refractivity contribution in [3.8, 4) is 0 Å². The number of nitro benzene ring substituents is 1. The normalized spacial score (nSPS) is 13.4. The molecule has 28 heavy (non-hydrogen) atoms. The molecule has 0 unspecified atom stereocenters. The van der Waals surface area contributed by atoms with Crippen LogP contribution in [0.4, 0.5) is 10.8 Å². The van der Waals surface area contributed by atoms with E-state index in [0.717, 1.165) is 15.2 Å². The van der Waals surface area contributed by atoms with E-state index >= 15 is 0 Å². The molecule has 0 bridgehead atoms. The zero-order valence-corrected chi connectivity index (χ0v) is 14.9. The van der Waals surface area contributed by atoms with Crippen LogP contribution in [0.2, 0.25) is 0 Å². The van der Waals surface area contributed by atoms with Gasteiger partial charge in [-0.2, -0.15) is 5.01 Å². The minimum atomic E-state index is -0.656. The Balaban J connectivity index is 1.64. The number of para-hydroxylation sites is 1. The second-order valence-corrected chi connectivity index (χ2v) is 7.23. The smallest absolute Gasteiger partial charge is 0.267 e. The molecule has 8 nitrogen and oxygen atoms in total. The Morgan fingerprint density at radius 1 is 1.00 bits per heavy atom. The van der Waals surface area contributed by atoms with E-state index in [-0.39, 0.29) is 11.3 Å². The highest BCUT2D eigenvalue weighted by Crippen LogP contribution is 2.34. The van der Waals surface area contributed by atoms with Gasteiger partial charge in [0, 0.05) is 17.5 Å². The number of non-ortho nitro benzene ring substituents is 1. The monoisotopic (exact) mass is 390 g/mol. The molecule has 0 saturated carbocycles. The molecule has 2 amide bonds. The molecule has 0 spiro atoms. The molecule has 0 saturated heterocycles. The van der Waals surface area contributed by atoms with Crippen molar-refractivity contribution in [1.29, 1.82) is 0 Å². The number of carbonyl (C=O) groups excluding carboxylic acids is 2. The third-order valence-electron chi connectivity index (χ3n) is 4.54. The fraction of sp³-hybridized carbons (Fsp3) is 0. The SMILES string of the molecule is O=C1c2cccc3cc([N+](=O)[O-])cc(c23)C(=O)N1Nc1nc2ccccc2s1. The van der Waals surface area contributed by atoms with Crippen molar-refractivity contribution in [2.75, 3.05) is 5.43 Å². The van der Waals surface area contributed by atoms with Crippen LogP contribution in [0.25, 0.3) is 21.0 Å². The predicted molar refractivity (Wildman–Crippen MR) is 104 cm³/mol. The van der Waals surface area contributed by atoms with Crippen LogP contribution in [0.5, 0.6) is 0 Å². The van der Waals surface area contributed by atoms with Crippen molar-refractivity contribution >= 4 is 55.0 Å². The number of aromatic nitrogens is 1. The first-order chi connectivity index (χ1) is 13.5. The van der Waals surface area contributed by atoms with Gasteiger partial charge in [0.15, 0.2) is 0 Å². The van der Waals surface area contributed by atoms with E-state index in [1.54, 1.807) is 18.2 Å². The molecule has 136 valence electrons. The summed E-state index contributed by atoms with van der Waals surface area (Å²) in [5.74, 6) is -1.19. The minimum Gasteiger partial charge on any atom is -0.267 e. The molecule has 0 radical (unpaired) electrons. The zero-order valence-electron chi connectivity index (χ0n) is 14.1. The molecule has 2 heterocycles. The average molecular weight is 390 g/mol. The Morgan fingerprint density at radius 3 is 2.57 bits per heavy atom. The number of rotatable bonds is 3. The minimum absolute atomic E-state index is 0.105. The lowest BCUT2D eigenvalue weighted by atomic mass is 9.94. The summed E-state index contributed by atoms with van der Waals surface area (Å²) in [6, 6.07) is 14.9. The first-order valence-corrected chi connectivity index (χ1v) is 9.07. The van der Waals surface area contributed by atoms with Crippen molar-refractivity contribution in [2.24, 2.45) is 0 Å². The molecule has 0 atom stereocenters. The fourth-order valence-electron chi connectivity index (χ4n) is 3.31. The highest BCUT2D eigenvalue weighted by Gasteiger charge is 2.35. The molecule has 4 aromatic rings. The van der Waals surface area contributed by atoms with Crippen LogP contribution in [0.3, 0.4) is 0 Å². The first kappa shape index (κ1) is 16.3. The molecule has 1 aliphatic rings. The van der Waals surface area contributed by atoms with Crippen molar-refractivity contribution in [3.63, 3.8) is 0 Å². The second kappa shape index (κ2) is 5.83. The number of nitro groups is 1. The molecule has 1 aliphatic heterocycles. The Kier molecular flexibility index (Phi) is 3.40. The quantitative estimate of drug-likeness (QED) is 0.322. The van der Waals surface area contributed by atoms with Gasteiger partial charge in [-0.1, -0.05) is 35.6 Å². The largest absolute Gasteiger partial charge is 0.280 e. The number of fused-ring (bicyclic) bond motifs is 1. The van der Waals surface area contributed by atoms with Crippen LogP contribution in [0.15, 0.2) is 54.6 Å². The van der Waals surface area contributed by atoms with Crippen LogP contribution < -0.4 is 5.43 Å². The number of hydrazine groups is 1. The van der Waals surface area contributed by atoms with E-state index in [0.29, 0.717) is 21.5 Å². The number of hydrogen-bond acceptors (Lipinski definition) is 7. The standard InChI is InChI=1S/C19H10N4O4S/c24-17-12-5-3-4-10-8-11(23(26)27)9-13(16(10)12)18(25)22(17)21-19-20-14-6-1-2-7-15(14)28-19/h1-9H,(H,20,21). The summed E-state index contributed by atoms with van der Waals surface area (Å²) in [5.41, 5.74) is 3.71. The average Bonchev–Trinajstić information content (AvgIpc) is 3.11. The third-order valence-corrected chi connectivity index (χ3v) is 5.48. The summed E-state index contributed by atoms with van der Waals surface area (Å²) in [4.78, 5) is 41.0. The van der Waals surface area contributed by atoms with Crippen molar-refractivity contribution in [1.82, 2.24) is 9.99 Å². The molecule has 0 fully saturated rings. The number of imide groups is 1. The maximum Gasteiger partial charge on any atom is 0.280 e. The highest BCUT2D eigenvalue weighted by molar-refractivity contribution is 7.22. The lowest BCUT2D eigenvalue weighted by Gasteiger charge is -2.26. The Labute approximate surface area is 161 Å². The van der Waals surface area contributed by atoms with Gasteiger partial charge in [-0.3, -0.25) is 25.1 Å². The van der Waals surface area contributed by atoms with E-state index in [4.69, 9.17) is 0 Å². The highest BCUT2D eigenvalue weighted by atomic mass is 32.1. The summed E-state index contributed by atoms with van der Waals surface area (Å²) in [7, 11) is 0. The van der Waals surface area contributed by atoms with Crippen molar-refractivity contribution in [2.45, 2.75) is 0 Å². The Bertz CT molecular complexity index is 1300. The lowest BCUT2D eigenvalue weighted by molar-refractivity contribution is -0.384. The van der Waals surface area contributed by atoms with Gasteiger partial charge in [-0.25, -0.2) is 4.98 Å². The van der Waals surface area contributed by atoms with E-state index in [9.17, 15) is 19.7 Å². The number of nitrogens with zero attached hydrogens (tertiary/aromatic N) is 3. The fourth-order valence-corrected chi connectivity index (χ4v) is 4.17. The van der Waals surface area contributed by atoms with E-state index in [1.807, 2.05) is 24.3 Å². The van der Waals surface area contributed by atoms with Gasteiger partial charge in [0.1, 0.15) is 0 Å². The summed E-state index contributed by atoms with van der Waals surface area (Å²) in [5, 5.41) is 13.4. The molecular formula is C19H10N4O4S. The summed E-state index contributed by atoms with van der Waals surface area (Å²) < 4.78 is 0.903. The number of anilines is 1. The Morgan fingerprint density at radius 2 is 1.79 bits per heavy atom. The second-order valence-electron chi connectivity index (χ2n) is 6.20. The number of carbonyl (C=O) groups is 2. The molecule has 0 aliphatic carbocycles. The molecule has 1 N–H and O–H groups in total. The van der Waals surface area contributed by atoms with Gasteiger partial charge in [0.05, 0.1) is 26.3 Å².